The molecule has 0 aliphatic heterocycles. The number of nitrogens with one attached hydrogen (secondary N) is 1. The molecule has 1 heterocycles. The monoisotopic (exact) mass is 339 g/mol. The lowest BCUT2D eigenvalue weighted by molar-refractivity contribution is 0.468. The summed E-state index contributed by atoms with van der Waals surface area (Å²) in [7, 11) is 0. The van der Waals surface area contributed by atoms with Gasteiger partial charge in [-0.1, -0.05) is 18.5 Å². The van der Waals surface area contributed by atoms with Crippen molar-refractivity contribution in [3.05, 3.63) is 51.3 Å². The fourth-order valence-electron chi connectivity index (χ4n) is 2.20. The van der Waals surface area contributed by atoms with E-state index in [0.717, 1.165) is 27.6 Å². The standard InChI is InChI=1S/C15H15BrClNO/c1-9-6-12(9)15-5-3-11(19-15)8-18-10-2-4-14(17)13(16)7-10/h2-5,7,9,12,18H,6,8H2,1H3. The van der Waals surface area contributed by atoms with Crippen LogP contribution < -0.4 is 5.32 Å². The van der Waals surface area contributed by atoms with Gasteiger partial charge < -0.3 is 9.73 Å². The number of hydrogen-bond donors (Lipinski definition) is 1. The van der Waals surface area contributed by atoms with E-state index in [4.69, 9.17) is 16.0 Å². The van der Waals surface area contributed by atoms with Crippen molar-refractivity contribution in [2.45, 2.75) is 25.8 Å². The highest BCUT2D eigenvalue weighted by Gasteiger charge is 2.36. The molecule has 2 atom stereocenters. The Hall–Kier alpha value is -0.930. The Kier molecular flexibility index (Phi) is 3.59. The number of furan rings is 1. The van der Waals surface area contributed by atoms with Gasteiger partial charge in [0.05, 0.1) is 11.6 Å². The highest BCUT2D eigenvalue weighted by molar-refractivity contribution is 9.10. The Balaban J connectivity index is 1.62. The number of hydrogen-bond acceptors (Lipinski definition) is 2. The van der Waals surface area contributed by atoms with Crippen LogP contribution in [0, 0.1) is 5.92 Å². The van der Waals surface area contributed by atoms with Crippen LogP contribution >= 0.6 is 27.5 Å². The van der Waals surface area contributed by atoms with E-state index >= 15 is 0 Å². The highest BCUT2D eigenvalue weighted by Crippen LogP contribution is 2.47. The Bertz CT molecular complexity index is 596. The maximum Gasteiger partial charge on any atom is 0.123 e. The van der Waals surface area contributed by atoms with Crippen LogP contribution in [0.3, 0.4) is 0 Å². The van der Waals surface area contributed by atoms with Crippen LogP contribution in [0.15, 0.2) is 39.2 Å². The lowest BCUT2D eigenvalue weighted by Crippen LogP contribution is -1.97. The number of anilines is 1. The molecule has 4 heteroatoms. The zero-order valence-corrected chi connectivity index (χ0v) is 13.0. The summed E-state index contributed by atoms with van der Waals surface area (Å²) in [5.41, 5.74) is 1.02. The Morgan fingerprint density at radius 2 is 2.16 bits per heavy atom. The predicted octanol–water partition coefficient (Wildman–Crippen LogP) is 5.43. The summed E-state index contributed by atoms with van der Waals surface area (Å²) in [5, 5.41) is 4.05. The fourth-order valence-corrected chi connectivity index (χ4v) is 2.70. The average molecular weight is 341 g/mol. The molecule has 2 unspecified atom stereocenters. The molecule has 1 aromatic carbocycles. The molecule has 1 saturated carbocycles. The van der Waals surface area contributed by atoms with Crippen LogP contribution in [0.5, 0.6) is 0 Å². The van der Waals surface area contributed by atoms with Crippen molar-refractivity contribution in [3.63, 3.8) is 0 Å². The molecule has 1 aliphatic carbocycles. The summed E-state index contributed by atoms with van der Waals surface area (Å²) in [6.45, 7) is 2.95. The third kappa shape index (κ3) is 2.98. The van der Waals surface area contributed by atoms with Gasteiger partial charge >= 0.3 is 0 Å². The summed E-state index contributed by atoms with van der Waals surface area (Å²) in [6, 6.07) is 9.95. The first-order chi connectivity index (χ1) is 9.13. The molecule has 2 nitrogen and oxygen atoms in total. The molecule has 0 radical (unpaired) electrons. The molecule has 0 spiro atoms. The largest absolute Gasteiger partial charge is 0.464 e. The quantitative estimate of drug-likeness (QED) is 0.802. The van der Waals surface area contributed by atoms with E-state index in [9.17, 15) is 0 Å². The molecule has 1 aliphatic rings. The smallest absolute Gasteiger partial charge is 0.123 e. The van der Waals surface area contributed by atoms with Crippen LogP contribution in [0.1, 0.15) is 30.8 Å². The summed E-state index contributed by atoms with van der Waals surface area (Å²) < 4.78 is 6.75. The first kappa shape index (κ1) is 13.1. The second kappa shape index (κ2) is 5.22. The highest BCUT2D eigenvalue weighted by atomic mass is 79.9. The summed E-state index contributed by atoms with van der Waals surface area (Å²) in [6.07, 6.45) is 1.25. The number of benzene rings is 1. The van der Waals surface area contributed by atoms with Crippen molar-refractivity contribution < 1.29 is 4.42 Å². The number of halogens is 2. The Morgan fingerprint density at radius 3 is 2.84 bits per heavy atom. The van der Waals surface area contributed by atoms with Crippen LogP contribution in [0.4, 0.5) is 5.69 Å². The van der Waals surface area contributed by atoms with Crippen molar-refractivity contribution in [1.82, 2.24) is 0 Å². The van der Waals surface area contributed by atoms with Crippen molar-refractivity contribution in [3.8, 4) is 0 Å². The lowest BCUT2D eigenvalue weighted by atomic mass is 10.3. The fraction of sp³-hybridized carbons (Fsp3) is 0.333. The van der Waals surface area contributed by atoms with Gasteiger partial charge in [0.15, 0.2) is 0 Å². The van der Waals surface area contributed by atoms with Gasteiger partial charge in [-0.2, -0.15) is 0 Å². The zero-order chi connectivity index (χ0) is 13.4. The minimum Gasteiger partial charge on any atom is -0.464 e. The molecule has 100 valence electrons. The van der Waals surface area contributed by atoms with Crippen molar-refractivity contribution >= 4 is 33.2 Å². The van der Waals surface area contributed by atoms with E-state index in [1.807, 2.05) is 18.2 Å². The number of rotatable bonds is 4. The second-order valence-corrected chi connectivity index (χ2v) is 6.37. The molecule has 0 amide bonds. The molecule has 1 N–H and O–H groups in total. The maximum absolute atomic E-state index is 5.96. The third-order valence-corrected chi connectivity index (χ3v) is 4.76. The third-order valence-electron chi connectivity index (χ3n) is 3.54. The predicted molar refractivity (Wildman–Crippen MR) is 81.7 cm³/mol. The SMILES string of the molecule is CC1CC1c1ccc(CNc2ccc(Cl)c(Br)c2)o1. The van der Waals surface area contributed by atoms with E-state index < -0.39 is 0 Å². The molecule has 3 rings (SSSR count). The normalized spacial score (nSPS) is 21.4. The molecule has 2 aromatic rings. The minimum absolute atomic E-state index is 0.637. The van der Waals surface area contributed by atoms with E-state index in [2.05, 4.69) is 40.3 Å². The van der Waals surface area contributed by atoms with Crippen LogP contribution in [-0.4, -0.2) is 0 Å². The van der Waals surface area contributed by atoms with Crippen molar-refractivity contribution in [1.29, 1.82) is 0 Å². The van der Waals surface area contributed by atoms with Crippen molar-refractivity contribution in [2.24, 2.45) is 5.92 Å². The minimum atomic E-state index is 0.637. The van der Waals surface area contributed by atoms with Gasteiger partial charge in [-0.15, -0.1) is 0 Å². The van der Waals surface area contributed by atoms with Crippen molar-refractivity contribution in [2.75, 3.05) is 5.32 Å². The summed E-state index contributed by atoms with van der Waals surface area (Å²) in [4.78, 5) is 0. The van der Waals surface area contributed by atoms with Crippen LogP contribution in [0.2, 0.25) is 5.02 Å². The van der Waals surface area contributed by atoms with Gasteiger partial charge in [-0.25, -0.2) is 0 Å². The Labute approximate surface area is 126 Å². The lowest BCUT2D eigenvalue weighted by Gasteiger charge is -2.05. The van der Waals surface area contributed by atoms with Gasteiger partial charge in [-0.05, 0) is 58.6 Å². The maximum atomic E-state index is 5.96. The molecular formula is C15H15BrClNO. The average Bonchev–Trinajstić information content (AvgIpc) is 2.94. The van der Waals surface area contributed by atoms with Crippen LogP contribution in [0.25, 0.3) is 0 Å². The Morgan fingerprint density at radius 1 is 1.37 bits per heavy atom. The molecular weight excluding hydrogens is 326 g/mol. The zero-order valence-electron chi connectivity index (χ0n) is 10.6. The molecule has 1 aromatic heterocycles. The van der Waals surface area contributed by atoms with E-state index in [0.29, 0.717) is 17.5 Å². The first-order valence-electron chi connectivity index (χ1n) is 6.41. The molecule has 19 heavy (non-hydrogen) atoms. The summed E-state index contributed by atoms with van der Waals surface area (Å²) >= 11 is 9.38. The van der Waals surface area contributed by atoms with Gasteiger partial charge in [0, 0.05) is 16.1 Å². The van der Waals surface area contributed by atoms with Gasteiger partial charge in [0.25, 0.3) is 0 Å². The van der Waals surface area contributed by atoms with Gasteiger partial charge in [0.2, 0.25) is 0 Å². The van der Waals surface area contributed by atoms with Gasteiger partial charge in [0.1, 0.15) is 11.5 Å². The molecule has 0 saturated heterocycles. The summed E-state index contributed by atoms with van der Waals surface area (Å²) in [5.74, 6) is 3.51. The first-order valence-corrected chi connectivity index (χ1v) is 7.58. The molecule has 1 fully saturated rings. The van der Waals surface area contributed by atoms with E-state index in [-0.39, 0.29) is 0 Å². The van der Waals surface area contributed by atoms with E-state index in [1.54, 1.807) is 0 Å². The molecule has 0 bridgehead atoms. The second-order valence-electron chi connectivity index (χ2n) is 5.11. The van der Waals surface area contributed by atoms with Gasteiger partial charge in [-0.3, -0.25) is 0 Å². The topological polar surface area (TPSA) is 25.2 Å². The van der Waals surface area contributed by atoms with Crippen LogP contribution in [-0.2, 0) is 6.54 Å². The van der Waals surface area contributed by atoms with E-state index in [1.165, 1.54) is 6.42 Å².